The average Bonchev–Trinajstić information content (AvgIpc) is 3.14. The van der Waals surface area contributed by atoms with Gasteiger partial charge in [0.1, 0.15) is 30.5 Å². The van der Waals surface area contributed by atoms with Crippen molar-refractivity contribution in [1.29, 1.82) is 0 Å². The molecule has 0 bridgehead atoms. The Morgan fingerprint density at radius 3 is 1.42 bits per heavy atom. The van der Waals surface area contributed by atoms with Crippen molar-refractivity contribution in [1.82, 2.24) is 5.32 Å². The van der Waals surface area contributed by atoms with Gasteiger partial charge in [-0.2, -0.15) is 0 Å². The minimum atomic E-state index is -1.60. The van der Waals surface area contributed by atoms with Gasteiger partial charge < -0.3 is 45.4 Å². The van der Waals surface area contributed by atoms with Gasteiger partial charge in [0.15, 0.2) is 6.29 Å². The van der Waals surface area contributed by atoms with E-state index in [0.717, 1.165) is 44.9 Å². The number of carbonyl (C=O) groups is 1. The van der Waals surface area contributed by atoms with E-state index in [9.17, 15) is 35.4 Å². The molecule has 1 aliphatic rings. The maximum atomic E-state index is 13.0. The summed E-state index contributed by atoms with van der Waals surface area (Å²) in [5.41, 5.74) is 0. The molecule has 1 fully saturated rings. The number of amides is 1. The van der Waals surface area contributed by atoms with E-state index in [1.54, 1.807) is 0 Å². The molecule has 8 atom stereocenters. The van der Waals surface area contributed by atoms with E-state index in [0.29, 0.717) is 6.42 Å². The summed E-state index contributed by atoms with van der Waals surface area (Å²) in [5, 5.41) is 65.0. The predicted octanol–water partition coefficient (Wildman–Crippen LogP) is 7.36. The van der Waals surface area contributed by atoms with Gasteiger partial charge >= 0.3 is 0 Å². The van der Waals surface area contributed by atoms with Crippen LogP contribution in [0.2, 0.25) is 0 Å². The first-order chi connectivity index (χ1) is 25.3. The van der Waals surface area contributed by atoms with Crippen LogP contribution in [0.1, 0.15) is 200 Å². The maximum Gasteiger partial charge on any atom is 0.220 e. The van der Waals surface area contributed by atoms with Gasteiger partial charge in [-0.1, -0.05) is 181 Å². The molecule has 1 heterocycles. The third-order valence-corrected chi connectivity index (χ3v) is 10.8. The molecule has 0 aromatic rings. The van der Waals surface area contributed by atoms with Crippen LogP contribution >= 0.6 is 0 Å². The molecule has 7 N–H and O–H groups in total. The number of hydrogen-bond donors (Lipinski definition) is 7. The molecule has 0 aliphatic carbocycles. The zero-order valence-electron chi connectivity index (χ0n) is 33.4. The number of carbonyl (C=O) groups excluding carboxylic acids is 1. The minimum Gasteiger partial charge on any atom is -0.394 e. The molecule has 2 unspecified atom stereocenters. The van der Waals surface area contributed by atoms with Crippen LogP contribution in [0, 0.1) is 0 Å². The van der Waals surface area contributed by atoms with Gasteiger partial charge in [0.05, 0.1) is 25.4 Å². The Kier molecular flexibility index (Phi) is 31.7. The first-order valence-electron chi connectivity index (χ1n) is 21.8. The molecule has 0 radical (unpaired) electrons. The van der Waals surface area contributed by atoms with Gasteiger partial charge in [0, 0.05) is 6.42 Å². The Balaban J connectivity index is 2.42. The highest BCUT2D eigenvalue weighted by molar-refractivity contribution is 5.76. The lowest BCUT2D eigenvalue weighted by Gasteiger charge is -2.40. The van der Waals surface area contributed by atoms with Crippen LogP contribution in [0.5, 0.6) is 0 Å². The smallest absolute Gasteiger partial charge is 0.220 e. The van der Waals surface area contributed by atoms with E-state index in [2.05, 4.69) is 19.2 Å². The molecule has 1 rings (SSSR count). The van der Waals surface area contributed by atoms with Crippen molar-refractivity contribution in [2.45, 2.75) is 249 Å². The van der Waals surface area contributed by atoms with Crippen LogP contribution in [-0.4, -0.2) is 98.7 Å². The third kappa shape index (κ3) is 23.8. The number of unbranched alkanes of at least 4 members (excludes halogenated alkanes) is 25. The standard InChI is InChI=1S/C42H83NO9/c1-3-5-7-9-11-13-15-17-18-19-21-23-25-27-29-31-37(46)43-34(33-51-42-41(50)40(49)39(48)36(32-44)52-42)38(47)35(45)30-28-26-24-22-20-16-14-12-10-8-6-4-2/h34-36,38-42,44-45,47-50H,3-33H2,1-2H3,(H,43,46)/t34-,35+,36+,38-,39+,40?,41?,42+/m0/s1. The van der Waals surface area contributed by atoms with Crippen LogP contribution in [0.3, 0.4) is 0 Å². The Morgan fingerprint density at radius 1 is 0.596 bits per heavy atom. The summed E-state index contributed by atoms with van der Waals surface area (Å²) in [6.45, 7) is 3.60. The first-order valence-corrected chi connectivity index (χ1v) is 21.8. The highest BCUT2D eigenvalue weighted by Gasteiger charge is 2.44. The molecule has 0 aromatic heterocycles. The summed E-state index contributed by atoms with van der Waals surface area (Å²) in [6, 6.07) is -0.983. The molecule has 10 nitrogen and oxygen atoms in total. The Labute approximate surface area is 317 Å². The molecule has 0 spiro atoms. The monoisotopic (exact) mass is 746 g/mol. The molecule has 1 saturated heterocycles. The second kappa shape index (κ2) is 33.5. The summed E-state index contributed by atoms with van der Waals surface area (Å²) in [6.07, 6.45) is 23.9. The molecule has 52 heavy (non-hydrogen) atoms. The van der Waals surface area contributed by atoms with Crippen LogP contribution in [0.25, 0.3) is 0 Å². The summed E-state index contributed by atoms with van der Waals surface area (Å²) in [7, 11) is 0. The van der Waals surface area contributed by atoms with E-state index < -0.39 is 55.6 Å². The number of ether oxygens (including phenoxy) is 2. The number of aliphatic hydroxyl groups is 6. The number of hydrogen-bond acceptors (Lipinski definition) is 9. The Bertz CT molecular complexity index is 803. The molecule has 0 aromatic carbocycles. The quantitative estimate of drug-likeness (QED) is 0.0324. The summed E-state index contributed by atoms with van der Waals surface area (Å²) in [5.74, 6) is -0.256. The molecule has 1 amide bonds. The number of aliphatic hydroxyl groups excluding tert-OH is 6. The maximum absolute atomic E-state index is 13.0. The van der Waals surface area contributed by atoms with Gasteiger partial charge in [0.25, 0.3) is 0 Å². The fourth-order valence-corrected chi connectivity index (χ4v) is 7.20. The lowest BCUT2D eigenvalue weighted by atomic mass is 9.98. The van der Waals surface area contributed by atoms with E-state index in [1.165, 1.54) is 128 Å². The van der Waals surface area contributed by atoms with Gasteiger partial charge in [-0.25, -0.2) is 0 Å². The molecule has 0 saturated carbocycles. The highest BCUT2D eigenvalue weighted by Crippen LogP contribution is 2.23. The van der Waals surface area contributed by atoms with E-state index in [1.807, 2.05) is 0 Å². The van der Waals surface area contributed by atoms with Crippen molar-refractivity contribution < 1.29 is 44.9 Å². The molecule has 310 valence electrons. The number of nitrogens with one attached hydrogen (secondary N) is 1. The second-order valence-electron chi connectivity index (χ2n) is 15.6. The summed E-state index contributed by atoms with van der Waals surface area (Å²) < 4.78 is 11.1. The zero-order valence-corrected chi connectivity index (χ0v) is 33.4. The lowest BCUT2D eigenvalue weighted by molar-refractivity contribution is -0.303. The summed E-state index contributed by atoms with van der Waals surface area (Å²) in [4.78, 5) is 13.0. The van der Waals surface area contributed by atoms with Crippen molar-refractivity contribution >= 4 is 5.91 Å². The van der Waals surface area contributed by atoms with E-state index >= 15 is 0 Å². The van der Waals surface area contributed by atoms with Crippen molar-refractivity contribution in [2.75, 3.05) is 13.2 Å². The normalized spacial score (nSPS) is 22.3. The second-order valence-corrected chi connectivity index (χ2v) is 15.6. The van der Waals surface area contributed by atoms with Gasteiger partial charge in [-0.05, 0) is 12.8 Å². The first kappa shape index (κ1) is 49.2. The van der Waals surface area contributed by atoms with Crippen LogP contribution in [-0.2, 0) is 14.3 Å². The van der Waals surface area contributed by atoms with Crippen molar-refractivity contribution in [3.63, 3.8) is 0 Å². The Morgan fingerprint density at radius 2 is 1.00 bits per heavy atom. The van der Waals surface area contributed by atoms with Gasteiger partial charge in [-0.3, -0.25) is 4.79 Å². The SMILES string of the molecule is CCCCCCCCCCCCCCCCCC(=O)N[C@@H](CO[C@@H]1O[C@H](CO)[C@@H](O)C(O)C1O)[C@H](O)[C@H](O)CCCCCCCCCCCCCC. The topological polar surface area (TPSA) is 169 Å². The van der Waals surface area contributed by atoms with Crippen molar-refractivity contribution in [2.24, 2.45) is 0 Å². The highest BCUT2D eigenvalue weighted by atomic mass is 16.7. The molecular formula is C42H83NO9. The lowest BCUT2D eigenvalue weighted by Crippen LogP contribution is -2.60. The van der Waals surface area contributed by atoms with Crippen molar-refractivity contribution in [3.8, 4) is 0 Å². The molecule has 10 heteroatoms. The van der Waals surface area contributed by atoms with Crippen LogP contribution < -0.4 is 5.32 Å². The molecular weight excluding hydrogens is 662 g/mol. The predicted molar refractivity (Wildman–Crippen MR) is 209 cm³/mol. The Hall–Kier alpha value is -0.850. The average molecular weight is 746 g/mol. The fourth-order valence-electron chi connectivity index (χ4n) is 7.20. The van der Waals surface area contributed by atoms with E-state index in [4.69, 9.17) is 9.47 Å². The van der Waals surface area contributed by atoms with Crippen LogP contribution in [0.4, 0.5) is 0 Å². The largest absolute Gasteiger partial charge is 0.394 e. The number of rotatable bonds is 36. The van der Waals surface area contributed by atoms with Crippen LogP contribution in [0.15, 0.2) is 0 Å². The van der Waals surface area contributed by atoms with E-state index in [-0.39, 0.29) is 18.9 Å². The van der Waals surface area contributed by atoms with Gasteiger partial charge in [-0.15, -0.1) is 0 Å². The zero-order chi connectivity index (χ0) is 38.2. The van der Waals surface area contributed by atoms with Gasteiger partial charge in [0.2, 0.25) is 5.91 Å². The van der Waals surface area contributed by atoms with Crippen molar-refractivity contribution in [3.05, 3.63) is 0 Å². The molecule has 1 aliphatic heterocycles. The fraction of sp³-hybridized carbons (Fsp3) is 0.976. The summed E-state index contributed by atoms with van der Waals surface area (Å²) >= 11 is 0. The minimum absolute atomic E-state index is 0.256. The third-order valence-electron chi connectivity index (χ3n) is 10.8.